The van der Waals surface area contributed by atoms with Crippen molar-refractivity contribution in [2.75, 3.05) is 26.4 Å². The number of carbonyl (C=O) groups excluding carboxylic acids is 2. The summed E-state index contributed by atoms with van der Waals surface area (Å²) in [6, 6.07) is 5.66. The number of aryl methyl sites for hydroxylation is 1. The summed E-state index contributed by atoms with van der Waals surface area (Å²) in [5, 5.41) is 0. The number of carbonyl (C=O) groups is 2. The highest BCUT2D eigenvalue weighted by Gasteiger charge is 2.29. The molecular weight excluding hydrogens is 619 g/mol. The third-order valence-electron chi connectivity index (χ3n) is 7.64. The van der Waals surface area contributed by atoms with E-state index in [0.717, 1.165) is 30.0 Å². The fourth-order valence-electron chi connectivity index (χ4n) is 5.09. The Morgan fingerprint density at radius 3 is 2.10 bits per heavy atom. The minimum atomic E-state index is -0.632. The molecule has 1 aliphatic rings. The number of hydrogen-bond acceptors (Lipinski definition) is 5. The van der Waals surface area contributed by atoms with Crippen molar-refractivity contribution in [2.24, 2.45) is 13.0 Å². The smallest absolute Gasteiger partial charge is 0.417 e. The van der Waals surface area contributed by atoms with Gasteiger partial charge < -0.3 is 38.2 Å². The summed E-state index contributed by atoms with van der Waals surface area (Å²) < 4.78 is 19.0. The number of imide groups is 1. The molecule has 0 spiro atoms. The molecule has 0 N–H and O–H groups in total. The van der Waals surface area contributed by atoms with Gasteiger partial charge in [0.1, 0.15) is 20.2 Å². The van der Waals surface area contributed by atoms with E-state index >= 15 is 0 Å². The number of hydrogen-bond donors (Lipinski definition) is 0. The van der Waals surface area contributed by atoms with E-state index < -0.39 is 6.09 Å². The number of aromatic nitrogens is 1. The van der Waals surface area contributed by atoms with Crippen LogP contribution in [0.1, 0.15) is 116 Å². The van der Waals surface area contributed by atoms with Gasteiger partial charge in [0.05, 0.1) is 19.3 Å². The monoisotopic (exact) mass is 674 g/mol. The van der Waals surface area contributed by atoms with Gasteiger partial charge in [0.15, 0.2) is 6.20 Å². The lowest BCUT2D eigenvalue weighted by Gasteiger charge is -2.19. The van der Waals surface area contributed by atoms with Crippen LogP contribution in [0.2, 0.25) is 0 Å². The molecule has 2 amide bonds. The lowest BCUT2D eigenvalue weighted by Crippen LogP contribution is -3.00. The van der Waals surface area contributed by atoms with E-state index in [1.54, 1.807) is 0 Å². The fourth-order valence-corrected chi connectivity index (χ4v) is 5.09. The van der Waals surface area contributed by atoms with Gasteiger partial charge in [0.25, 0.3) is 0 Å². The molecule has 1 aliphatic heterocycles. The van der Waals surface area contributed by atoms with Crippen LogP contribution >= 0.6 is 0 Å². The molecular formula is C32H55IN2O5. The standard InChI is InChI=1S/C32H55N2O5.HI/c1-4-5-6-7-8-9-10-11-12-13-14-15-16-19-22-37-25-29-23-31(38-26-29)27-39-32(36)34(28(2)35)24-30-20-17-18-21-33(30)3;/h17-18,20-21,29,31H,4-16,19,22-27H2,1-3H3;1H/q+1;/p-1. The van der Waals surface area contributed by atoms with E-state index in [4.69, 9.17) is 14.2 Å². The van der Waals surface area contributed by atoms with E-state index in [-0.39, 0.29) is 49.1 Å². The Morgan fingerprint density at radius 1 is 0.925 bits per heavy atom. The van der Waals surface area contributed by atoms with Gasteiger partial charge in [-0.05, 0) is 12.8 Å². The average molecular weight is 675 g/mol. The summed E-state index contributed by atoms with van der Waals surface area (Å²) >= 11 is 0. The van der Waals surface area contributed by atoms with Crippen LogP contribution in [0.5, 0.6) is 0 Å². The second kappa shape index (κ2) is 23.3. The quantitative estimate of drug-likeness (QED) is 0.113. The normalized spacial score (nSPS) is 16.5. The lowest BCUT2D eigenvalue weighted by molar-refractivity contribution is -0.679. The van der Waals surface area contributed by atoms with Crippen molar-refractivity contribution in [3.05, 3.63) is 30.1 Å². The van der Waals surface area contributed by atoms with Crippen molar-refractivity contribution in [3.8, 4) is 0 Å². The minimum Gasteiger partial charge on any atom is -1.00 e. The summed E-state index contributed by atoms with van der Waals surface area (Å²) in [6.45, 7) is 6.09. The zero-order valence-electron chi connectivity index (χ0n) is 25.4. The van der Waals surface area contributed by atoms with E-state index in [1.165, 1.54) is 90.4 Å². The maximum absolute atomic E-state index is 12.6. The Labute approximate surface area is 260 Å². The highest BCUT2D eigenvalue weighted by molar-refractivity contribution is 5.90. The van der Waals surface area contributed by atoms with Crippen molar-refractivity contribution in [2.45, 2.75) is 123 Å². The van der Waals surface area contributed by atoms with Gasteiger partial charge in [-0.3, -0.25) is 4.79 Å². The Hall–Kier alpha value is -1.26. The van der Waals surface area contributed by atoms with Gasteiger partial charge in [-0.2, -0.15) is 0 Å². The maximum atomic E-state index is 12.6. The zero-order valence-corrected chi connectivity index (χ0v) is 27.6. The Balaban J connectivity index is 0.00000800. The summed E-state index contributed by atoms with van der Waals surface area (Å²) in [7, 11) is 1.88. The average Bonchev–Trinajstić information content (AvgIpc) is 3.38. The predicted molar refractivity (Wildman–Crippen MR) is 154 cm³/mol. The van der Waals surface area contributed by atoms with Gasteiger partial charge in [-0.1, -0.05) is 96.5 Å². The molecule has 0 saturated carbocycles. The third kappa shape index (κ3) is 16.2. The molecule has 2 heterocycles. The third-order valence-corrected chi connectivity index (χ3v) is 7.64. The van der Waals surface area contributed by atoms with E-state index in [2.05, 4.69) is 6.92 Å². The molecule has 1 saturated heterocycles. The molecule has 230 valence electrons. The number of unbranched alkanes of at least 4 members (excludes halogenated alkanes) is 13. The molecule has 0 bridgehead atoms. The van der Waals surface area contributed by atoms with Crippen LogP contribution in [0.4, 0.5) is 4.79 Å². The number of nitrogens with zero attached hydrogens (tertiary/aromatic N) is 2. The largest absolute Gasteiger partial charge is 1.00 e. The van der Waals surface area contributed by atoms with Gasteiger partial charge in [0.2, 0.25) is 11.6 Å². The first-order valence-electron chi connectivity index (χ1n) is 15.6. The maximum Gasteiger partial charge on any atom is 0.417 e. The number of amides is 2. The number of halogens is 1. The van der Waals surface area contributed by atoms with E-state index in [9.17, 15) is 9.59 Å². The second-order valence-electron chi connectivity index (χ2n) is 11.2. The molecule has 1 aromatic rings. The highest BCUT2D eigenvalue weighted by Crippen LogP contribution is 2.21. The van der Waals surface area contributed by atoms with Crippen LogP contribution in [-0.4, -0.2) is 49.4 Å². The molecule has 8 heteroatoms. The van der Waals surface area contributed by atoms with Crippen LogP contribution in [-0.2, 0) is 32.6 Å². The van der Waals surface area contributed by atoms with Crippen LogP contribution in [0.3, 0.4) is 0 Å². The summed E-state index contributed by atoms with van der Waals surface area (Å²) in [5.41, 5.74) is 0.845. The van der Waals surface area contributed by atoms with Gasteiger partial charge in [0, 0.05) is 31.6 Å². The Kier molecular flexibility index (Phi) is 21.4. The van der Waals surface area contributed by atoms with Crippen LogP contribution in [0, 0.1) is 5.92 Å². The predicted octanol–water partition coefficient (Wildman–Crippen LogP) is 3.90. The Bertz CT molecular complexity index is 809. The molecule has 7 nitrogen and oxygen atoms in total. The molecule has 1 fully saturated rings. The van der Waals surface area contributed by atoms with Crippen molar-refractivity contribution >= 4 is 12.0 Å². The summed E-state index contributed by atoms with van der Waals surface area (Å²) in [5.74, 6) is -0.0152. The highest BCUT2D eigenvalue weighted by atomic mass is 127. The molecule has 1 aromatic heterocycles. The first-order chi connectivity index (χ1) is 19.0. The summed E-state index contributed by atoms with van der Waals surface area (Å²) in [6.07, 6.45) is 20.9. The van der Waals surface area contributed by atoms with Crippen LogP contribution in [0.15, 0.2) is 24.4 Å². The fraction of sp³-hybridized carbons (Fsp3) is 0.781. The van der Waals surface area contributed by atoms with Crippen molar-refractivity contribution in [1.82, 2.24) is 4.90 Å². The SMILES string of the molecule is CCCCCCCCCCCCCCCCOCC1COC(COC(=O)N(Cc2cccc[n+]2C)C(C)=O)C1.[I-]. The second-order valence-corrected chi connectivity index (χ2v) is 11.2. The molecule has 2 atom stereocenters. The number of pyridine rings is 1. The molecule has 40 heavy (non-hydrogen) atoms. The first-order valence-corrected chi connectivity index (χ1v) is 15.6. The van der Waals surface area contributed by atoms with Crippen molar-refractivity contribution in [1.29, 1.82) is 0 Å². The number of ether oxygens (including phenoxy) is 3. The zero-order chi connectivity index (χ0) is 28.1. The van der Waals surface area contributed by atoms with Gasteiger partial charge in [-0.15, -0.1) is 0 Å². The first kappa shape index (κ1) is 36.8. The summed E-state index contributed by atoms with van der Waals surface area (Å²) in [4.78, 5) is 25.7. The molecule has 0 aliphatic carbocycles. The van der Waals surface area contributed by atoms with E-state index in [0.29, 0.717) is 19.1 Å². The molecule has 2 rings (SSSR count). The van der Waals surface area contributed by atoms with Crippen molar-refractivity contribution in [3.63, 3.8) is 0 Å². The van der Waals surface area contributed by atoms with E-state index in [1.807, 2.05) is 36.0 Å². The minimum absolute atomic E-state index is 0. The topological polar surface area (TPSA) is 69.0 Å². The molecule has 2 unspecified atom stereocenters. The molecule has 0 radical (unpaired) electrons. The van der Waals surface area contributed by atoms with Gasteiger partial charge >= 0.3 is 6.09 Å². The van der Waals surface area contributed by atoms with Crippen LogP contribution in [0.25, 0.3) is 0 Å². The molecule has 0 aromatic carbocycles. The number of rotatable bonds is 21. The van der Waals surface area contributed by atoms with Gasteiger partial charge in [-0.25, -0.2) is 14.3 Å². The Morgan fingerprint density at radius 2 is 1.52 bits per heavy atom. The van der Waals surface area contributed by atoms with Crippen molar-refractivity contribution < 1.29 is 52.3 Å². The lowest BCUT2D eigenvalue weighted by atomic mass is 10.0. The van der Waals surface area contributed by atoms with Crippen LogP contribution < -0.4 is 28.5 Å².